The van der Waals surface area contributed by atoms with Crippen LogP contribution in [-0.2, 0) is 21.3 Å². The van der Waals surface area contributed by atoms with Crippen molar-refractivity contribution >= 4 is 32.4 Å². The van der Waals surface area contributed by atoms with Crippen molar-refractivity contribution in [3.05, 3.63) is 46.4 Å². The van der Waals surface area contributed by atoms with Crippen LogP contribution in [0, 0.1) is 17.2 Å². The van der Waals surface area contributed by atoms with Crippen molar-refractivity contribution in [3.8, 4) is 6.07 Å². The first-order valence-electron chi connectivity index (χ1n) is 9.83. The highest BCUT2D eigenvalue weighted by atomic mass is 32.2. The molecule has 160 valence electrons. The third kappa shape index (κ3) is 3.11. The van der Waals surface area contributed by atoms with Crippen molar-refractivity contribution in [2.24, 2.45) is 5.92 Å². The van der Waals surface area contributed by atoms with Crippen LogP contribution in [-0.4, -0.2) is 47.7 Å². The fourth-order valence-corrected chi connectivity index (χ4v) is 5.56. The molecule has 0 radical (unpaired) electrons. The van der Waals surface area contributed by atoms with Crippen LogP contribution < -0.4 is 10.9 Å². The average molecular weight is 440 g/mol. The Hall–Kier alpha value is -3.20. The van der Waals surface area contributed by atoms with Crippen molar-refractivity contribution < 1.29 is 13.2 Å². The normalized spacial score (nSPS) is 22.8. The predicted octanol–water partition coefficient (Wildman–Crippen LogP) is 1.70. The summed E-state index contributed by atoms with van der Waals surface area (Å²) in [5.41, 5.74) is 1.59. The first-order chi connectivity index (χ1) is 14.9. The zero-order chi connectivity index (χ0) is 21.8. The summed E-state index contributed by atoms with van der Waals surface area (Å²) in [5, 5.41) is 17.7. The summed E-state index contributed by atoms with van der Waals surface area (Å²) < 4.78 is 33.2. The number of anilines is 2. The van der Waals surface area contributed by atoms with Gasteiger partial charge in [-0.25, -0.2) is 8.42 Å². The Labute approximate surface area is 178 Å². The fraction of sp³-hybridized carbons (Fsp3) is 0.350. The van der Waals surface area contributed by atoms with E-state index in [0.717, 1.165) is 0 Å². The molecule has 0 bridgehead atoms. The zero-order valence-corrected chi connectivity index (χ0v) is 17.5. The lowest BCUT2D eigenvalue weighted by Crippen LogP contribution is -2.30. The molecule has 0 aliphatic carbocycles. The Bertz CT molecular complexity index is 1390. The zero-order valence-electron chi connectivity index (χ0n) is 16.7. The van der Waals surface area contributed by atoms with Gasteiger partial charge in [0.15, 0.2) is 5.82 Å². The molecule has 0 spiro atoms. The third-order valence-electron chi connectivity index (χ3n) is 5.84. The molecule has 1 fully saturated rings. The molecule has 31 heavy (non-hydrogen) atoms. The van der Waals surface area contributed by atoms with E-state index >= 15 is 0 Å². The first-order valence-corrected chi connectivity index (χ1v) is 11.3. The molecule has 2 atom stereocenters. The van der Waals surface area contributed by atoms with Crippen LogP contribution in [0.3, 0.4) is 0 Å². The maximum atomic E-state index is 12.6. The van der Waals surface area contributed by atoms with Gasteiger partial charge in [0.2, 0.25) is 10.0 Å². The van der Waals surface area contributed by atoms with Crippen molar-refractivity contribution in [1.29, 1.82) is 5.26 Å². The van der Waals surface area contributed by atoms with Crippen LogP contribution in [0.1, 0.15) is 18.0 Å². The average Bonchev–Trinajstić information content (AvgIpc) is 3.23. The van der Waals surface area contributed by atoms with E-state index in [2.05, 4.69) is 21.5 Å². The molecule has 11 heteroatoms. The van der Waals surface area contributed by atoms with E-state index in [1.807, 2.05) is 0 Å². The highest BCUT2D eigenvalue weighted by molar-refractivity contribution is 7.89. The number of nitriles is 1. The molecule has 3 aromatic rings. The van der Waals surface area contributed by atoms with E-state index in [1.54, 1.807) is 35.1 Å². The molecule has 0 saturated carbocycles. The van der Waals surface area contributed by atoms with Gasteiger partial charge in [-0.2, -0.15) is 14.7 Å². The second-order valence-electron chi connectivity index (χ2n) is 7.74. The summed E-state index contributed by atoms with van der Waals surface area (Å²) in [6.07, 6.45) is 2.15. The van der Waals surface area contributed by atoms with E-state index in [1.165, 1.54) is 11.4 Å². The van der Waals surface area contributed by atoms with Gasteiger partial charge >= 0.3 is 0 Å². The number of nitrogens with one attached hydrogen (secondary N) is 2. The van der Waals surface area contributed by atoms with Crippen LogP contribution in [0.15, 0.2) is 40.2 Å². The largest absolute Gasteiger partial charge is 0.379 e. The highest BCUT2D eigenvalue weighted by Gasteiger charge is 2.32. The summed E-state index contributed by atoms with van der Waals surface area (Å²) >= 11 is 0. The Morgan fingerprint density at radius 2 is 2.19 bits per heavy atom. The Kier molecular flexibility index (Phi) is 4.58. The smallest absolute Gasteiger partial charge is 0.261 e. The van der Waals surface area contributed by atoms with Gasteiger partial charge in [-0.1, -0.05) is 0 Å². The number of H-pyrrole nitrogens is 1. The minimum atomic E-state index is -3.45. The molecule has 4 heterocycles. The van der Waals surface area contributed by atoms with E-state index in [0.29, 0.717) is 47.6 Å². The molecule has 5 rings (SSSR count). The third-order valence-corrected chi connectivity index (χ3v) is 7.74. The summed E-state index contributed by atoms with van der Waals surface area (Å²) in [6.45, 7) is 1.14. The lowest BCUT2D eigenvalue weighted by Gasteiger charge is -2.27. The van der Waals surface area contributed by atoms with Crippen molar-refractivity contribution in [2.75, 3.05) is 25.6 Å². The van der Waals surface area contributed by atoms with Gasteiger partial charge in [-0.15, -0.1) is 0 Å². The summed E-state index contributed by atoms with van der Waals surface area (Å²) in [5.74, 6) is 0.0676. The van der Waals surface area contributed by atoms with Gasteiger partial charge in [-0.05, 0) is 36.2 Å². The Balaban J connectivity index is 1.58. The number of aromatic nitrogens is 3. The van der Waals surface area contributed by atoms with E-state index in [-0.39, 0.29) is 29.0 Å². The summed E-state index contributed by atoms with van der Waals surface area (Å²) in [4.78, 5) is 15.6. The van der Waals surface area contributed by atoms with E-state index in [4.69, 9.17) is 4.74 Å². The van der Waals surface area contributed by atoms with E-state index < -0.39 is 10.0 Å². The number of fused-ring (bicyclic) bond motifs is 2. The molecule has 2 aliphatic rings. The summed E-state index contributed by atoms with van der Waals surface area (Å²) in [6, 6.07) is 8.72. The molecule has 1 saturated heterocycles. The van der Waals surface area contributed by atoms with Gasteiger partial charge in [0.05, 0.1) is 35.0 Å². The lowest BCUT2D eigenvalue weighted by atomic mass is 9.96. The maximum absolute atomic E-state index is 12.6. The van der Waals surface area contributed by atoms with Gasteiger partial charge < -0.3 is 15.0 Å². The van der Waals surface area contributed by atoms with Crippen LogP contribution in [0.4, 0.5) is 11.5 Å². The molecule has 1 aromatic carbocycles. The topological polar surface area (TPSA) is 133 Å². The van der Waals surface area contributed by atoms with Crippen LogP contribution in [0.2, 0.25) is 0 Å². The maximum Gasteiger partial charge on any atom is 0.261 e. The minimum absolute atomic E-state index is 0.273. The SMILES string of the molecule is CN1Cc2cc(Nc3nn(C4COCCC4C#N)c4cc[nH]c(=O)c34)ccc2S1(=O)=O. The summed E-state index contributed by atoms with van der Waals surface area (Å²) in [7, 11) is -1.91. The molecule has 2 aromatic heterocycles. The number of aromatic amines is 1. The van der Waals surface area contributed by atoms with Crippen LogP contribution >= 0.6 is 0 Å². The first kappa shape index (κ1) is 19.7. The Morgan fingerprint density at radius 3 is 3.00 bits per heavy atom. The molecule has 2 N–H and O–H groups in total. The molecule has 10 nitrogen and oxygen atoms in total. The lowest BCUT2D eigenvalue weighted by molar-refractivity contribution is 0.0359. The standard InChI is InChI=1S/C20H20N6O4S/c1-25-10-13-8-14(2-3-17(13)31(25,28)29)23-19-18-15(4-6-22-20(18)27)26(24-19)16-11-30-7-5-12(16)9-21/h2-4,6,8,12,16H,5,7,10-11H2,1H3,(H,22,27)(H,23,24). The van der Waals surface area contributed by atoms with Crippen molar-refractivity contribution in [2.45, 2.75) is 23.9 Å². The van der Waals surface area contributed by atoms with Crippen molar-refractivity contribution in [1.82, 2.24) is 19.1 Å². The minimum Gasteiger partial charge on any atom is -0.379 e. The van der Waals surface area contributed by atoms with Gasteiger partial charge in [0.1, 0.15) is 5.39 Å². The van der Waals surface area contributed by atoms with Gasteiger partial charge in [0.25, 0.3) is 5.56 Å². The van der Waals surface area contributed by atoms with Gasteiger partial charge in [-0.3, -0.25) is 9.48 Å². The van der Waals surface area contributed by atoms with Gasteiger partial charge in [0, 0.05) is 32.1 Å². The predicted molar refractivity (Wildman–Crippen MR) is 112 cm³/mol. The molecule has 2 unspecified atom stereocenters. The number of rotatable bonds is 3. The number of ether oxygens (including phenoxy) is 1. The van der Waals surface area contributed by atoms with Crippen molar-refractivity contribution in [3.63, 3.8) is 0 Å². The fourth-order valence-electron chi connectivity index (χ4n) is 4.22. The molecule has 0 amide bonds. The number of hydrogen-bond donors (Lipinski definition) is 2. The number of pyridine rings is 1. The number of nitrogens with zero attached hydrogens (tertiary/aromatic N) is 4. The molecular weight excluding hydrogens is 420 g/mol. The monoisotopic (exact) mass is 440 g/mol. The second kappa shape index (κ2) is 7.19. The van der Waals surface area contributed by atoms with Crippen LogP contribution in [0.5, 0.6) is 0 Å². The van der Waals surface area contributed by atoms with E-state index in [9.17, 15) is 18.5 Å². The van der Waals surface area contributed by atoms with Crippen LogP contribution in [0.25, 0.3) is 10.9 Å². The number of hydrogen-bond acceptors (Lipinski definition) is 7. The Morgan fingerprint density at radius 1 is 1.35 bits per heavy atom. The second-order valence-corrected chi connectivity index (χ2v) is 9.75. The number of sulfonamides is 1. The highest BCUT2D eigenvalue weighted by Crippen LogP contribution is 2.34. The molecule has 2 aliphatic heterocycles. The quantitative estimate of drug-likeness (QED) is 0.633. The molecular formula is C20H20N6O4S. The number of benzene rings is 1.